The molecule has 0 saturated carbocycles. The number of aromatic nitrogens is 1. The molecule has 0 saturated heterocycles. The molecule has 1 rings (SSSR count). The van der Waals surface area contributed by atoms with Crippen LogP contribution >= 0.6 is 22.6 Å². The fraction of sp³-hybridized carbons (Fsp3) is 0.333. The average Bonchev–Trinajstić information content (AvgIpc) is 2.26. The zero-order valence-electron chi connectivity index (χ0n) is 8.46. The number of rotatable bonds is 3. The monoisotopic (exact) mass is 343 g/mol. The molecule has 88 valence electrons. The number of ether oxygens (including phenoxy) is 2. The molecule has 1 heterocycles. The lowest BCUT2D eigenvalue weighted by Gasteiger charge is -2.11. The fourth-order valence-corrected chi connectivity index (χ4v) is 1.72. The van der Waals surface area contributed by atoms with E-state index in [0.29, 0.717) is 0 Å². The molecule has 1 aromatic heterocycles. The van der Waals surface area contributed by atoms with E-state index in [4.69, 9.17) is 4.74 Å². The van der Waals surface area contributed by atoms with Crippen molar-refractivity contribution in [3.8, 4) is 5.75 Å². The van der Waals surface area contributed by atoms with Crippen LogP contribution in [0.1, 0.15) is 22.5 Å². The number of alkyl halides is 2. The van der Waals surface area contributed by atoms with Gasteiger partial charge in [-0.15, -0.1) is 0 Å². The van der Waals surface area contributed by atoms with Crippen molar-refractivity contribution in [2.24, 2.45) is 0 Å². The van der Waals surface area contributed by atoms with Crippen LogP contribution in [0.2, 0.25) is 0 Å². The Morgan fingerprint density at radius 3 is 2.56 bits per heavy atom. The Bertz CT molecular complexity index is 412. The SMILES string of the molecule is COC(=O)c1cc(I)nc(C(F)F)c1OC. The number of nitrogens with zero attached hydrogens (tertiary/aromatic N) is 1. The lowest BCUT2D eigenvalue weighted by atomic mass is 10.2. The van der Waals surface area contributed by atoms with Gasteiger partial charge in [-0.1, -0.05) is 0 Å². The lowest BCUT2D eigenvalue weighted by Crippen LogP contribution is -2.09. The summed E-state index contributed by atoms with van der Waals surface area (Å²) >= 11 is 1.74. The molecule has 16 heavy (non-hydrogen) atoms. The molecule has 0 radical (unpaired) electrons. The van der Waals surface area contributed by atoms with Crippen molar-refractivity contribution < 1.29 is 23.0 Å². The summed E-state index contributed by atoms with van der Waals surface area (Å²) in [6, 6.07) is 1.33. The minimum atomic E-state index is -2.81. The van der Waals surface area contributed by atoms with Crippen LogP contribution in [-0.4, -0.2) is 25.2 Å². The van der Waals surface area contributed by atoms with E-state index in [-0.39, 0.29) is 15.0 Å². The Morgan fingerprint density at radius 1 is 1.50 bits per heavy atom. The van der Waals surface area contributed by atoms with Gasteiger partial charge in [0.15, 0.2) is 11.4 Å². The number of methoxy groups -OCH3 is 2. The summed E-state index contributed by atoms with van der Waals surface area (Å²) in [5, 5.41) is 0. The van der Waals surface area contributed by atoms with Crippen LogP contribution in [0, 0.1) is 3.70 Å². The maximum atomic E-state index is 12.6. The molecule has 0 aliphatic carbocycles. The van der Waals surface area contributed by atoms with Gasteiger partial charge in [-0.2, -0.15) is 0 Å². The van der Waals surface area contributed by atoms with Crippen molar-refractivity contribution in [2.45, 2.75) is 6.43 Å². The highest BCUT2D eigenvalue weighted by molar-refractivity contribution is 14.1. The summed E-state index contributed by atoms with van der Waals surface area (Å²) in [4.78, 5) is 15.0. The molecule has 0 aliphatic rings. The third kappa shape index (κ3) is 2.57. The van der Waals surface area contributed by atoms with E-state index in [9.17, 15) is 13.6 Å². The van der Waals surface area contributed by atoms with Gasteiger partial charge in [0.05, 0.1) is 14.2 Å². The first-order valence-corrected chi connectivity index (χ1v) is 5.20. The van der Waals surface area contributed by atoms with Crippen molar-refractivity contribution >= 4 is 28.6 Å². The Kier molecular flexibility index (Phi) is 4.39. The molecule has 0 aromatic carbocycles. The molecule has 0 atom stereocenters. The first kappa shape index (κ1) is 13.1. The van der Waals surface area contributed by atoms with E-state index in [2.05, 4.69) is 9.72 Å². The molecule has 0 unspecified atom stereocenters. The van der Waals surface area contributed by atoms with Crippen molar-refractivity contribution in [1.82, 2.24) is 4.98 Å². The maximum absolute atomic E-state index is 12.6. The Hall–Kier alpha value is -0.990. The van der Waals surface area contributed by atoms with Gasteiger partial charge in [0.1, 0.15) is 9.26 Å². The Balaban J connectivity index is 3.41. The zero-order chi connectivity index (χ0) is 12.3. The number of carbonyl (C=O) groups excluding carboxylic acids is 1. The van der Waals surface area contributed by atoms with Gasteiger partial charge in [0.25, 0.3) is 6.43 Å². The quantitative estimate of drug-likeness (QED) is 0.481. The summed E-state index contributed by atoms with van der Waals surface area (Å²) in [5.41, 5.74) is -0.616. The Morgan fingerprint density at radius 2 is 2.12 bits per heavy atom. The van der Waals surface area contributed by atoms with Crippen LogP contribution in [0.4, 0.5) is 8.78 Å². The summed E-state index contributed by atoms with van der Waals surface area (Å²) in [5.74, 6) is -0.985. The second-order valence-electron chi connectivity index (χ2n) is 2.70. The van der Waals surface area contributed by atoms with E-state index >= 15 is 0 Å². The number of esters is 1. The van der Waals surface area contributed by atoms with Gasteiger partial charge >= 0.3 is 5.97 Å². The van der Waals surface area contributed by atoms with E-state index in [1.165, 1.54) is 13.2 Å². The van der Waals surface area contributed by atoms with E-state index < -0.39 is 18.1 Å². The first-order valence-electron chi connectivity index (χ1n) is 4.12. The molecule has 7 heteroatoms. The highest BCUT2D eigenvalue weighted by Gasteiger charge is 2.24. The topological polar surface area (TPSA) is 48.4 Å². The highest BCUT2D eigenvalue weighted by atomic mass is 127. The average molecular weight is 343 g/mol. The Labute approximate surface area is 104 Å². The van der Waals surface area contributed by atoms with E-state index in [1.807, 2.05) is 0 Å². The van der Waals surface area contributed by atoms with E-state index in [1.54, 1.807) is 22.6 Å². The predicted octanol–water partition coefficient (Wildman–Crippen LogP) is 2.42. The van der Waals surface area contributed by atoms with Crippen LogP contribution in [-0.2, 0) is 4.74 Å². The summed E-state index contributed by atoms with van der Waals surface area (Å²) in [6.07, 6.45) is -2.81. The van der Waals surface area contributed by atoms with Crippen LogP contribution in [0.25, 0.3) is 0 Å². The van der Waals surface area contributed by atoms with Gasteiger partial charge < -0.3 is 9.47 Å². The molecule has 0 amide bonds. The molecule has 0 bridgehead atoms. The molecule has 0 spiro atoms. The zero-order valence-corrected chi connectivity index (χ0v) is 10.6. The minimum Gasteiger partial charge on any atom is -0.494 e. The summed E-state index contributed by atoms with van der Waals surface area (Å²) in [6.45, 7) is 0. The summed E-state index contributed by atoms with van der Waals surface area (Å²) in [7, 11) is 2.36. The largest absolute Gasteiger partial charge is 0.494 e. The first-order chi connectivity index (χ1) is 7.51. The van der Waals surface area contributed by atoms with Crippen molar-refractivity contribution in [3.63, 3.8) is 0 Å². The second-order valence-corrected chi connectivity index (χ2v) is 3.81. The van der Waals surface area contributed by atoms with Gasteiger partial charge in [-0.05, 0) is 28.7 Å². The third-order valence-corrected chi connectivity index (χ3v) is 2.34. The van der Waals surface area contributed by atoms with Crippen LogP contribution in [0.5, 0.6) is 5.75 Å². The van der Waals surface area contributed by atoms with Gasteiger partial charge in [-0.25, -0.2) is 18.6 Å². The number of pyridine rings is 1. The second kappa shape index (κ2) is 5.37. The molecule has 1 aromatic rings. The number of hydrogen-bond donors (Lipinski definition) is 0. The minimum absolute atomic E-state index is 0.0558. The molecule has 0 N–H and O–H groups in total. The normalized spacial score (nSPS) is 10.4. The molecule has 0 fully saturated rings. The van der Waals surface area contributed by atoms with Crippen molar-refractivity contribution in [1.29, 1.82) is 0 Å². The number of hydrogen-bond acceptors (Lipinski definition) is 4. The predicted molar refractivity (Wildman–Crippen MR) is 59.8 cm³/mol. The number of halogens is 3. The third-order valence-electron chi connectivity index (χ3n) is 1.78. The fourth-order valence-electron chi connectivity index (χ4n) is 1.14. The lowest BCUT2D eigenvalue weighted by molar-refractivity contribution is 0.0595. The van der Waals surface area contributed by atoms with Crippen LogP contribution < -0.4 is 4.74 Å². The van der Waals surface area contributed by atoms with Crippen LogP contribution in [0.15, 0.2) is 6.07 Å². The standard InChI is InChI=1S/C9H8F2INO3/c1-15-7-4(9(14)16-2)3-5(12)13-6(7)8(10)11/h3,8H,1-2H3. The molecule has 4 nitrogen and oxygen atoms in total. The number of carbonyl (C=O) groups is 1. The smallest absolute Gasteiger partial charge is 0.341 e. The van der Waals surface area contributed by atoms with Crippen molar-refractivity contribution in [2.75, 3.05) is 14.2 Å². The molecular formula is C9H8F2INO3. The van der Waals surface area contributed by atoms with Gasteiger partial charge in [0, 0.05) is 0 Å². The highest BCUT2D eigenvalue weighted by Crippen LogP contribution is 2.31. The molecular weight excluding hydrogens is 335 g/mol. The maximum Gasteiger partial charge on any atom is 0.341 e. The van der Waals surface area contributed by atoms with E-state index in [0.717, 1.165) is 7.11 Å². The molecule has 0 aliphatic heterocycles. The van der Waals surface area contributed by atoms with Crippen molar-refractivity contribution in [3.05, 3.63) is 21.0 Å². The summed E-state index contributed by atoms with van der Waals surface area (Å²) < 4.78 is 34.8. The van der Waals surface area contributed by atoms with Gasteiger partial charge in [-0.3, -0.25) is 0 Å². The van der Waals surface area contributed by atoms with Crippen LogP contribution in [0.3, 0.4) is 0 Å². The van der Waals surface area contributed by atoms with Gasteiger partial charge in [0.2, 0.25) is 0 Å².